The van der Waals surface area contributed by atoms with Crippen molar-refractivity contribution in [3.63, 3.8) is 0 Å². The van der Waals surface area contributed by atoms with Gasteiger partial charge in [-0.15, -0.1) is 0 Å². The zero-order valence-corrected chi connectivity index (χ0v) is 13.6. The molecule has 1 N–H and O–H groups in total. The summed E-state index contributed by atoms with van der Waals surface area (Å²) in [6.45, 7) is 11.3. The first-order valence-corrected chi connectivity index (χ1v) is 7.06. The van der Waals surface area contributed by atoms with Crippen LogP contribution in [0.25, 0.3) is 0 Å². The quantitative estimate of drug-likeness (QED) is 0.851. The van der Waals surface area contributed by atoms with Gasteiger partial charge in [0, 0.05) is 11.7 Å². The largest absolute Gasteiger partial charge is 0.496 e. The normalized spacial score (nSPS) is 21.3. The first-order valence-electron chi connectivity index (χ1n) is 6.68. The van der Waals surface area contributed by atoms with Crippen LogP contribution in [-0.2, 0) is 14.9 Å². The van der Waals surface area contributed by atoms with Crippen LogP contribution in [0.5, 0.6) is 0 Å². The van der Waals surface area contributed by atoms with Gasteiger partial charge < -0.3 is 14.4 Å². The Labute approximate surface area is 125 Å². The molecule has 0 radical (unpaired) electrons. The molecule has 4 nitrogen and oxygen atoms in total. The molecule has 0 aromatic carbocycles. The lowest BCUT2D eigenvalue weighted by Crippen LogP contribution is -2.41. The molecule has 2 rings (SSSR count). The highest BCUT2D eigenvalue weighted by molar-refractivity contribution is 6.63. The number of aliphatic hydroxyl groups is 1. The van der Waals surface area contributed by atoms with Crippen molar-refractivity contribution in [3.05, 3.63) is 23.0 Å². The Kier molecular flexibility index (Phi) is 3.71. The van der Waals surface area contributed by atoms with E-state index >= 15 is 0 Å². The van der Waals surface area contributed by atoms with E-state index in [0.29, 0.717) is 16.2 Å². The first-order chi connectivity index (χ1) is 8.94. The van der Waals surface area contributed by atoms with Crippen molar-refractivity contribution in [2.75, 3.05) is 0 Å². The topological polar surface area (TPSA) is 51.6 Å². The van der Waals surface area contributed by atoms with Crippen LogP contribution in [-0.4, -0.2) is 28.4 Å². The predicted molar refractivity (Wildman–Crippen MR) is 80.2 cm³/mol. The molecule has 0 spiro atoms. The van der Waals surface area contributed by atoms with E-state index in [4.69, 9.17) is 20.9 Å². The Morgan fingerprint density at radius 1 is 1.20 bits per heavy atom. The highest BCUT2D eigenvalue weighted by Crippen LogP contribution is 2.37. The van der Waals surface area contributed by atoms with Gasteiger partial charge >= 0.3 is 7.12 Å². The molecule has 1 aliphatic rings. The van der Waals surface area contributed by atoms with Crippen molar-refractivity contribution in [3.8, 4) is 0 Å². The lowest BCUT2D eigenvalue weighted by molar-refractivity contribution is 0.00578. The minimum absolute atomic E-state index is 0.448. The number of nitrogens with zero attached hydrogens (tertiary/aromatic N) is 1. The fourth-order valence-electron chi connectivity index (χ4n) is 2.12. The molecule has 0 atom stereocenters. The zero-order chi connectivity index (χ0) is 15.3. The summed E-state index contributed by atoms with van der Waals surface area (Å²) in [6, 6.07) is 1.74. The monoisotopic (exact) mass is 297 g/mol. The molecule has 0 aliphatic carbocycles. The molecule has 6 heteroatoms. The number of rotatable bonds is 2. The van der Waals surface area contributed by atoms with Crippen molar-refractivity contribution >= 4 is 24.2 Å². The Morgan fingerprint density at radius 3 is 2.15 bits per heavy atom. The van der Waals surface area contributed by atoms with E-state index in [-0.39, 0.29) is 0 Å². The number of halogens is 1. The van der Waals surface area contributed by atoms with Crippen LogP contribution < -0.4 is 5.46 Å². The second-order valence-corrected chi connectivity index (χ2v) is 7.18. The van der Waals surface area contributed by atoms with Crippen molar-refractivity contribution in [2.24, 2.45) is 0 Å². The third-order valence-electron chi connectivity index (χ3n) is 3.97. The predicted octanol–water partition coefficient (Wildman–Crippen LogP) is 2.26. The third-order valence-corrected chi connectivity index (χ3v) is 4.18. The number of hydrogen-bond acceptors (Lipinski definition) is 4. The summed E-state index contributed by atoms with van der Waals surface area (Å²) in [5.74, 6) is 0. The summed E-state index contributed by atoms with van der Waals surface area (Å²) >= 11 is 6.03. The molecule has 0 unspecified atom stereocenters. The molecule has 0 bridgehead atoms. The standard InChI is InChI=1S/C14H21BClNO3/c1-12(2,18)11-10(7-9(16)8-17-11)15-19-13(3,4)14(5,6)20-15/h7-8,18H,1-6H3. The van der Waals surface area contributed by atoms with Crippen molar-refractivity contribution in [2.45, 2.75) is 58.3 Å². The maximum absolute atomic E-state index is 10.3. The first kappa shape index (κ1) is 15.8. The van der Waals surface area contributed by atoms with Gasteiger partial charge in [0.2, 0.25) is 0 Å². The van der Waals surface area contributed by atoms with E-state index in [1.54, 1.807) is 19.9 Å². The molecule has 0 amide bonds. The second-order valence-electron chi connectivity index (χ2n) is 6.74. The molecule has 1 aromatic rings. The van der Waals surface area contributed by atoms with Gasteiger partial charge in [0.1, 0.15) is 5.60 Å². The van der Waals surface area contributed by atoms with Crippen LogP contribution >= 0.6 is 11.6 Å². The summed E-state index contributed by atoms with van der Waals surface area (Å²) in [5, 5.41) is 10.8. The second kappa shape index (κ2) is 4.70. The van der Waals surface area contributed by atoms with Crippen LogP contribution in [0.3, 0.4) is 0 Å². The molecule has 0 saturated carbocycles. The van der Waals surface area contributed by atoms with E-state index in [2.05, 4.69) is 4.98 Å². The molecule has 1 saturated heterocycles. The average molecular weight is 298 g/mol. The molecular formula is C14H21BClNO3. The van der Waals surface area contributed by atoms with Crippen LogP contribution in [0.1, 0.15) is 47.2 Å². The zero-order valence-electron chi connectivity index (χ0n) is 12.8. The SMILES string of the molecule is CC(C)(O)c1ncc(Cl)cc1B1OC(C)(C)C(C)(C)O1. The van der Waals surface area contributed by atoms with Crippen LogP contribution in [0, 0.1) is 0 Å². The molecule has 1 aliphatic heterocycles. The summed E-state index contributed by atoms with van der Waals surface area (Å²) in [5.41, 5.74) is -0.805. The fraction of sp³-hybridized carbons (Fsp3) is 0.643. The molecule has 2 heterocycles. The summed E-state index contributed by atoms with van der Waals surface area (Å²) in [7, 11) is -0.590. The Morgan fingerprint density at radius 2 is 1.70 bits per heavy atom. The molecule has 1 fully saturated rings. The van der Waals surface area contributed by atoms with Crippen LogP contribution in [0.4, 0.5) is 0 Å². The number of aromatic nitrogens is 1. The molecular weight excluding hydrogens is 276 g/mol. The summed E-state index contributed by atoms with van der Waals surface area (Å²) in [6.07, 6.45) is 1.52. The van der Waals surface area contributed by atoms with E-state index in [0.717, 1.165) is 0 Å². The van der Waals surface area contributed by atoms with Crippen LogP contribution in [0.15, 0.2) is 12.3 Å². The van der Waals surface area contributed by atoms with Crippen molar-refractivity contribution in [1.82, 2.24) is 4.98 Å². The van der Waals surface area contributed by atoms with Gasteiger partial charge in [-0.05, 0) is 47.6 Å². The van der Waals surface area contributed by atoms with Crippen molar-refractivity contribution < 1.29 is 14.4 Å². The van der Waals surface area contributed by atoms with Gasteiger partial charge in [-0.1, -0.05) is 11.6 Å². The minimum Gasteiger partial charge on any atom is -0.399 e. The molecule has 1 aromatic heterocycles. The molecule has 20 heavy (non-hydrogen) atoms. The van der Waals surface area contributed by atoms with E-state index in [1.807, 2.05) is 27.7 Å². The Bertz CT molecular complexity index is 510. The maximum Gasteiger partial charge on any atom is 0.496 e. The van der Waals surface area contributed by atoms with Gasteiger partial charge in [-0.2, -0.15) is 0 Å². The van der Waals surface area contributed by atoms with E-state index in [9.17, 15) is 5.11 Å². The van der Waals surface area contributed by atoms with Crippen molar-refractivity contribution in [1.29, 1.82) is 0 Å². The number of pyridine rings is 1. The summed E-state index contributed by atoms with van der Waals surface area (Å²) < 4.78 is 12.0. The van der Waals surface area contributed by atoms with Gasteiger partial charge in [-0.3, -0.25) is 4.98 Å². The Hall–Kier alpha value is -0.615. The van der Waals surface area contributed by atoms with E-state index in [1.165, 1.54) is 6.20 Å². The smallest absolute Gasteiger partial charge is 0.399 e. The highest BCUT2D eigenvalue weighted by Gasteiger charge is 2.53. The number of hydrogen-bond donors (Lipinski definition) is 1. The molecule has 110 valence electrons. The highest BCUT2D eigenvalue weighted by atomic mass is 35.5. The minimum atomic E-state index is -1.09. The van der Waals surface area contributed by atoms with Gasteiger partial charge in [0.15, 0.2) is 0 Å². The van der Waals surface area contributed by atoms with Gasteiger partial charge in [-0.25, -0.2) is 0 Å². The van der Waals surface area contributed by atoms with Gasteiger partial charge in [0.05, 0.1) is 21.9 Å². The Balaban J connectivity index is 2.47. The summed E-state index contributed by atoms with van der Waals surface area (Å²) in [4.78, 5) is 4.25. The maximum atomic E-state index is 10.3. The average Bonchev–Trinajstić information content (AvgIpc) is 2.46. The fourth-order valence-corrected chi connectivity index (χ4v) is 2.28. The lowest BCUT2D eigenvalue weighted by Gasteiger charge is -2.32. The lowest BCUT2D eigenvalue weighted by atomic mass is 9.75. The van der Waals surface area contributed by atoms with Crippen LogP contribution in [0.2, 0.25) is 5.02 Å². The third kappa shape index (κ3) is 2.73. The van der Waals surface area contributed by atoms with E-state index < -0.39 is 23.9 Å². The van der Waals surface area contributed by atoms with Gasteiger partial charge in [0.25, 0.3) is 0 Å².